The van der Waals surface area contributed by atoms with Crippen LogP contribution in [-0.2, 0) is 6.54 Å². The summed E-state index contributed by atoms with van der Waals surface area (Å²) in [7, 11) is 1.56. The number of hydrogen-bond acceptors (Lipinski definition) is 5. The van der Waals surface area contributed by atoms with E-state index in [0.29, 0.717) is 41.9 Å². The molecule has 1 amide bonds. The van der Waals surface area contributed by atoms with Crippen molar-refractivity contribution in [2.75, 3.05) is 19.0 Å². The Labute approximate surface area is 175 Å². The zero-order valence-corrected chi connectivity index (χ0v) is 17.0. The molecule has 0 bridgehead atoms. The van der Waals surface area contributed by atoms with Crippen LogP contribution in [-0.4, -0.2) is 30.6 Å². The number of anilines is 1. The van der Waals surface area contributed by atoms with Crippen molar-refractivity contribution in [1.29, 1.82) is 0 Å². The van der Waals surface area contributed by atoms with Crippen LogP contribution >= 0.6 is 0 Å². The number of aliphatic imine (C=N–C) groups is 1. The number of para-hydroxylation sites is 2. The second-order valence-electron chi connectivity index (χ2n) is 6.26. The van der Waals surface area contributed by atoms with Crippen molar-refractivity contribution in [3.8, 4) is 11.5 Å². The van der Waals surface area contributed by atoms with Gasteiger partial charge in [0.15, 0.2) is 0 Å². The number of hydrogen-bond donors (Lipinski definition) is 2. The Morgan fingerprint density at radius 3 is 2.63 bits per heavy atom. The van der Waals surface area contributed by atoms with E-state index in [1.807, 2.05) is 43.3 Å². The fourth-order valence-corrected chi connectivity index (χ4v) is 2.69. The molecular weight excluding hydrogens is 380 g/mol. The predicted octanol–water partition coefficient (Wildman–Crippen LogP) is 3.89. The standard InChI is InChI=1S/C23H24N4O3/c1-3-30-21-10-5-4-9-20(21)26-23(25-16-17-11-13-24-14-12-17)27-22(28)18-7-6-8-19(15-18)29-2/h4-15H,3,16H2,1-2H3,(H2,25,26,27,28). The summed E-state index contributed by atoms with van der Waals surface area (Å²) in [5, 5.41) is 6.02. The number of nitrogens with zero attached hydrogens (tertiary/aromatic N) is 2. The van der Waals surface area contributed by atoms with E-state index in [-0.39, 0.29) is 5.91 Å². The number of ether oxygens (including phenoxy) is 2. The minimum atomic E-state index is -0.302. The monoisotopic (exact) mass is 404 g/mol. The summed E-state index contributed by atoms with van der Waals surface area (Å²) >= 11 is 0. The Hall–Kier alpha value is -3.87. The van der Waals surface area contributed by atoms with Gasteiger partial charge in [0, 0.05) is 18.0 Å². The van der Waals surface area contributed by atoms with Gasteiger partial charge in [-0.2, -0.15) is 0 Å². The van der Waals surface area contributed by atoms with Crippen LogP contribution in [0.5, 0.6) is 11.5 Å². The van der Waals surface area contributed by atoms with E-state index in [1.165, 1.54) is 0 Å². The predicted molar refractivity (Wildman–Crippen MR) is 117 cm³/mol. The van der Waals surface area contributed by atoms with E-state index >= 15 is 0 Å². The molecule has 0 aliphatic rings. The lowest BCUT2D eigenvalue weighted by Gasteiger charge is -2.15. The molecule has 2 N–H and O–H groups in total. The van der Waals surface area contributed by atoms with Crippen molar-refractivity contribution in [1.82, 2.24) is 10.3 Å². The molecule has 154 valence electrons. The summed E-state index contributed by atoms with van der Waals surface area (Å²) < 4.78 is 10.9. The van der Waals surface area contributed by atoms with E-state index in [2.05, 4.69) is 20.6 Å². The van der Waals surface area contributed by atoms with Gasteiger partial charge in [0.25, 0.3) is 5.91 Å². The van der Waals surface area contributed by atoms with Crippen LogP contribution in [0.3, 0.4) is 0 Å². The minimum Gasteiger partial charge on any atom is -0.497 e. The van der Waals surface area contributed by atoms with Crippen LogP contribution in [0.25, 0.3) is 0 Å². The van der Waals surface area contributed by atoms with Gasteiger partial charge in [-0.1, -0.05) is 18.2 Å². The third-order valence-corrected chi connectivity index (χ3v) is 4.17. The summed E-state index contributed by atoms with van der Waals surface area (Å²) in [4.78, 5) is 21.4. The first-order valence-corrected chi connectivity index (χ1v) is 9.57. The maximum absolute atomic E-state index is 12.8. The molecule has 0 atom stereocenters. The second-order valence-corrected chi connectivity index (χ2v) is 6.26. The molecule has 0 radical (unpaired) electrons. The Morgan fingerprint density at radius 1 is 1.07 bits per heavy atom. The van der Waals surface area contributed by atoms with Crippen molar-refractivity contribution in [2.45, 2.75) is 13.5 Å². The van der Waals surface area contributed by atoms with E-state index in [4.69, 9.17) is 9.47 Å². The van der Waals surface area contributed by atoms with E-state index in [1.54, 1.807) is 43.8 Å². The number of carbonyl (C=O) groups is 1. The number of methoxy groups -OCH3 is 1. The molecule has 0 saturated heterocycles. The van der Waals surface area contributed by atoms with Crippen LogP contribution in [0.15, 0.2) is 78.0 Å². The largest absolute Gasteiger partial charge is 0.497 e. The molecule has 0 unspecified atom stereocenters. The molecule has 2 aromatic carbocycles. The van der Waals surface area contributed by atoms with Crippen LogP contribution in [0.1, 0.15) is 22.8 Å². The van der Waals surface area contributed by atoms with Gasteiger partial charge in [0.1, 0.15) is 11.5 Å². The van der Waals surface area contributed by atoms with Gasteiger partial charge in [-0.3, -0.25) is 15.1 Å². The highest BCUT2D eigenvalue weighted by Gasteiger charge is 2.12. The summed E-state index contributed by atoms with van der Waals surface area (Å²) in [6, 6.07) is 18.2. The van der Waals surface area contributed by atoms with Gasteiger partial charge in [-0.25, -0.2) is 4.99 Å². The average Bonchev–Trinajstić information content (AvgIpc) is 2.79. The molecule has 1 heterocycles. The van der Waals surface area contributed by atoms with Crippen LogP contribution in [0.2, 0.25) is 0 Å². The van der Waals surface area contributed by atoms with Crippen molar-refractivity contribution >= 4 is 17.6 Å². The van der Waals surface area contributed by atoms with Crippen LogP contribution < -0.4 is 20.1 Å². The van der Waals surface area contributed by atoms with E-state index in [9.17, 15) is 4.79 Å². The lowest BCUT2D eigenvalue weighted by molar-refractivity contribution is 0.0976. The molecular formula is C23H24N4O3. The summed E-state index contributed by atoms with van der Waals surface area (Å²) in [6.07, 6.45) is 3.41. The quantitative estimate of drug-likeness (QED) is 0.461. The highest BCUT2D eigenvalue weighted by atomic mass is 16.5. The lowest BCUT2D eigenvalue weighted by Crippen LogP contribution is -2.36. The molecule has 30 heavy (non-hydrogen) atoms. The lowest BCUT2D eigenvalue weighted by atomic mass is 10.2. The first kappa shape index (κ1) is 20.9. The number of guanidine groups is 1. The number of carbonyl (C=O) groups excluding carboxylic acids is 1. The molecule has 0 aliphatic heterocycles. The van der Waals surface area contributed by atoms with Gasteiger partial charge in [0.2, 0.25) is 5.96 Å². The SMILES string of the molecule is CCOc1ccccc1NC(=NCc1ccncc1)NC(=O)c1cccc(OC)c1. The topological polar surface area (TPSA) is 84.8 Å². The fraction of sp³-hybridized carbons (Fsp3) is 0.174. The van der Waals surface area contributed by atoms with Crippen LogP contribution in [0, 0.1) is 0 Å². The maximum Gasteiger partial charge on any atom is 0.258 e. The molecule has 0 aliphatic carbocycles. The minimum absolute atomic E-state index is 0.302. The summed E-state index contributed by atoms with van der Waals surface area (Å²) in [5.74, 6) is 1.29. The number of benzene rings is 2. The molecule has 7 heteroatoms. The third kappa shape index (κ3) is 5.81. The number of rotatable bonds is 7. The molecule has 3 aromatic rings. The van der Waals surface area contributed by atoms with Gasteiger partial charge < -0.3 is 14.8 Å². The Bertz CT molecular complexity index is 1010. The van der Waals surface area contributed by atoms with E-state index < -0.39 is 0 Å². The number of aromatic nitrogens is 1. The summed E-state index contributed by atoms with van der Waals surface area (Å²) in [5.41, 5.74) is 2.14. The molecule has 7 nitrogen and oxygen atoms in total. The maximum atomic E-state index is 12.8. The fourth-order valence-electron chi connectivity index (χ4n) is 2.69. The first-order valence-electron chi connectivity index (χ1n) is 9.57. The van der Waals surface area contributed by atoms with Gasteiger partial charge in [-0.05, 0) is 55.0 Å². The highest BCUT2D eigenvalue weighted by Crippen LogP contribution is 2.23. The Kier molecular flexibility index (Phi) is 7.38. The normalized spacial score (nSPS) is 10.9. The van der Waals surface area contributed by atoms with Crippen molar-refractivity contribution in [3.05, 3.63) is 84.2 Å². The zero-order valence-electron chi connectivity index (χ0n) is 17.0. The summed E-state index contributed by atoms with van der Waals surface area (Å²) in [6.45, 7) is 2.82. The number of amides is 1. The molecule has 0 fully saturated rings. The van der Waals surface area contributed by atoms with Crippen molar-refractivity contribution in [2.24, 2.45) is 4.99 Å². The molecule has 0 saturated carbocycles. The molecule has 3 rings (SSSR count). The van der Waals surface area contributed by atoms with Gasteiger partial charge in [0.05, 0.1) is 25.9 Å². The Balaban J connectivity index is 1.84. The number of nitrogens with one attached hydrogen (secondary N) is 2. The third-order valence-electron chi connectivity index (χ3n) is 4.17. The van der Waals surface area contributed by atoms with Gasteiger partial charge >= 0.3 is 0 Å². The second kappa shape index (κ2) is 10.6. The zero-order chi connectivity index (χ0) is 21.2. The highest BCUT2D eigenvalue weighted by molar-refractivity contribution is 6.10. The van der Waals surface area contributed by atoms with Gasteiger partial charge in [-0.15, -0.1) is 0 Å². The average molecular weight is 404 g/mol. The van der Waals surface area contributed by atoms with Crippen molar-refractivity contribution in [3.63, 3.8) is 0 Å². The molecule has 0 spiro atoms. The first-order chi connectivity index (χ1) is 14.7. The number of pyridine rings is 1. The van der Waals surface area contributed by atoms with E-state index in [0.717, 1.165) is 5.56 Å². The molecule has 1 aromatic heterocycles. The smallest absolute Gasteiger partial charge is 0.258 e. The van der Waals surface area contributed by atoms with Crippen LogP contribution in [0.4, 0.5) is 5.69 Å². The Morgan fingerprint density at radius 2 is 1.87 bits per heavy atom. The van der Waals surface area contributed by atoms with Crippen molar-refractivity contribution < 1.29 is 14.3 Å².